The molecule has 1 amide bonds. The first-order valence-electron chi connectivity index (χ1n) is 6.95. The predicted molar refractivity (Wildman–Crippen MR) is 68.3 cm³/mol. The molecule has 0 saturated carbocycles. The van der Waals surface area contributed by atoms with Gasteiger partial charge in [0, 0.05) is 25.7 Å². The minimum absolute atomic E-state index is 0.0443. The van der Waals surface area contributed by atoms with Gasteiger partial charge >= 0.3 is 0 Å². The fraction of sp³-hybridized carbons (Fsp3) is 0.923. The van der Waals surface area contributed by atoms with E-state index in [0.29, 0.717) is 19.1 Å². The lowest BCUT2D eigenvalue weighted by Crippen LogP contribution is -2.54. The van der Waals surface area contributed by atoms with Gasteiger partial charge in [-0.25, -0.2) is 0 Å². The monoisotopic (exact) mass is 256 g/mol. The molecule has 2 rings (SSSR count). The van der Waals surface area contributed by atoms with Gasteiger partial charge in [0.15, 0.2) is 0 Å². The fourth-order valence-electron chi connectivity index (χ4n) is 3.10. The third-order valence-electron chi connectivity index (χ3n) is 4.15. The second kappa shape index (κ2) is 5.99. The second-order valence-corrected chi connectivity index (χ2v) is 5.32. The normalized spacial score (nSPS) is 27.4. The molecule has 104 valence electrons. The number of ether oxygens (including phenoxy) is 1. The van der Waals surface area contributed by atoms with Crippen LogP contribution in [0.15, 0.2) is 0 Å². The SMILES string of the molecule is CCN[C@@H]1CCOC2(CCN(C(=O)CO)CC2)C1. The van der Waals surface area contributed by atoms with Crippen molar-refractivity contribution in [2.24, 2.45) is 0 Å². The zero-order valence-electron chi connectivity index (χ0n) is 11.2. The van der Waals surface area contributed by atoms with Gasteiger partial charge in [0.05, 0.1) is 5.60 Å². The number of carbonyl (C=O) groups excluding carboxylic acids is 1. The van der Waals surface area contributed by atoms with Crippen molar-refractivity contribution in [2.45, 2.75) is 44.2 Å². The molecule has 2 aliphatic heterocycles. The molecule has 18 heavy (non-hydrogen) atoms. The van der Waals surface area contributed by atoms with Crippen LogP contribution in [0.1, 0.15) is 32.6 Å². The van der Waals surface area contributed by atoms with Gasteiger partial charge in [-0.05, 0) is 32.2 Å². The quantitative estimate of drug-likeness (QED) is 0.753. The third-order valence-corrected chi connectivity index (χ3v) is 4.15. The van der Waals surface area contributed by atoms with Crippen LogP contribution in [0.5, 0.6) is 0 Å². The molecular weight excluding hydrogens is 232 g/mol. The van der Waals surface area contributed by atoms with Crippen molar-refractivity contribution in [1.82, 2.24) is 10.2 Å². The van der Waals surface area contributed by atoms with E-state index in [2.05, 4.69) is 12.2 Å². The molecule has 2 N–H and O–H groups in total. The largest absolute Gasteiger partial charge is 0.387 e. The number of hydrogen-bond acceptors (Lipinski definition) is 4. The van der Waals surface area contributed by atoms with Crippen molar-refractivity contribution in [1.29, 1.82) is 0 Å². The Hall–Kier alpha value is -0.650. The summed E-state index contributed by atoms with van der Waals surface area (Å²) in [6.07, 6.45) is 3.90. The van der Waals surface area contributed by atoms with Crippen molar-refractivity contribution in [3.05, 3.63) is 0 Å². The minimum atomic E-state index is -0.381. The topological polar surface area (TPSA) is 61.8 Å². The highest BCUT2D eigenvalue weighted by Gasteiger charge is 2.40. The van der Waals surface area contributed by atoms with E-state index in [4.69, 9.17) is 9.84 Å². The van der Waals surface area contributed by atoms with Gasteiger partial charge in [0.1, 0.15) is 6.61 Å². The Kier molecular flexibility index (Phi) is 4.59. The summed E-state index contributed by atoms with van der Waals surface area (Å²) < 4.78 is 6.00. The van der Waals surface area contributed by atoms with Crippen molar-refractivity contribution in [2.75, 3.05) is 32.8 Å². The van der Waals surface area contributed by atoms with Gasteiger partial charge in [0.2, 0.25) is 5.91 Å². The van der Waals surface area contributed by atoms with Crippen LogP contribution in [0.3, 0.4) is 0 Å². The molecule has 0 aromatic carbocycles. The predicted octanol–water partition coefficient (Wildman–Crippen LogP) is 0.128. The van der Waals surface area contributed by atoms with E-state index in [1.807, 2.05) is 0 Å². The number of aliphatic hydroxyl groups is 1. The Morgan fingerprint density at radius 3 is 2.83 bits per heavy atom. The highest BCUT2D eigenvalue weighted by Crippen LogP contribution is 2.34. The molecule has 0 bridgehead atoms. The van der Waals surface area contributed by atoms with Crippen LogP contribution in [0.25, 0.3) is 0 Å². The zero-order chi connectivity index (χ0) is 13.0. The van der Waals surface area contributed by atoms with Crippen LogP contribution in [-0.2, 0) is 9.53 Å². The molecule has 1 atom stereocenters. The maximum atomic E-state index is 11.4. The first-order chi connectivity index (χ1) is 8.69. The van der Waals surface area contributed by atoms with E-state index in [-0.39, 0.29) is 18.1 Å². The molecule has 0 aliphatic carbocycles. The van der Waals surface area contributed by atoms with Crippen LogP contribution >= 0.6 is 0 Å². The van der Waals surface area contributed by atoms with Crippen LogP contribution in [0.4, 0.5) is 0 Å². The van der Waals surface area contributed by atoms with E-state index in [0.717, 1.165) is 38.8 Å². The molecule has 0 radical (unpaired) electrons. The summed E-state index contributed by atoms with van der Waals surface area (Å²) in [5, 5.41) is 12.4. The molecule has 2 saturated heterocycles. The molecule has 5 heteroatoms. The van der Waals surface area contributed by atoms with Gasteiger partial charge in [-0.15, -0.1) is 0 Å². The van der Waals surface area contributed by atoms with Crippen molar-refractivity contribution >= 4 is 5.91 Å². The molecule has 5 nitrogen and oxygen atoms in total. The summed E-state index contributed by atoms with van der Waals surface area (Å²) in [6.45, 7) is 4.97. The van der Waals surface area contributed by atoms with E-state index in [9.17, 15) is 4.79 Å². The Morgan fingerprint density at radius 1 is 1.50 bits per heavy atom. The van der Waals surface area contributed by atoms with Gasteiger partial charge in [0.25, 0.3) is 0 Å². The van der Waals surface area contributed by atoms with Crippen LogP contribution in [-0.4, -0.2) is 60.4 Å². The number of aliphatic hydroxyl groups excluding tert-OH is 1. The molecule has 0 unspecified atom stereocenters. The standard InChI is InChI=1S/C13H24N2O3/c1-2-14-11-3-8-18-13(9-11)4-6-15(7-5-13)12(17)10-16/h11,14,16H,2-10H2,1H3/t11-/m1/s1. The smallest absolute Gasteiger partial charge is 0.248 e. The van der Waals surface area contributed by atoms with Crippen molar-refractivity contribution in [3.63, 3.8) is 0 Å². The number of hydrogen-bond donors (Lipinski definition) is 2. The Balaban J connectivity index is 1.88. The number of carbonyl (C=O) groups is 1. The molecule has 0 aromatic rings. The lowest BCUT2D eigenvalue weighted by atomic mass is 9.82. The van der Waals surface area contributed by atoms with Gasteiger partial charge in [-0.3, -0.25) is 4.79 Å². The average molecular weight is 256 g/mol. The molecule has 0 aromatic heterocycles. The number of amides is 1. The number of rotatable bonds is 3. The summed E-state index contributed by atoms with van der Waals surface area (Å²) in [6, 6.07) is 0.545. The first-order valence-corrected chi connectivity index (χ1v) is 6.95. The average Bonchev–Trinajstić information content (AvgIpc) is 2.39. The number of likely N-dealkylation sites (tertiary alicyclic amines) is 1. The second-order valence-electron chi connectivity index (χ2n) is 5.32. The maximum absolute atomic E-state index is 11.4. The van der Waals surface area contributed by atoms with Crippen molar-refractivity contribution < 1.29 is 14.6 Å². The molecular formula is C13H24N2O3. The fourth-order valence-corrected chi connectivity index (χ4v) is 3.10. The van der Waals surface area contributed by atoms with E-state index in [1.165, 1.54) is 0 Å². The van der Waals surface area contributed by atoms with Gasteiger partial charge in [-0.1, -0.05) is 6.92 Å². The summed E-state index contributed by atoms with van der Waals surface area (Å²) >= 11 is 0. The minimum Gasteiger partial charge on any atom is -0.387 e. The van der Waals surface area contributed by atoms with Gasteiger partial charge < -0.3 is 20.1 Å². The highest BCUT2D eigenvalue weighted by atomic mass is 16.5. The molecule has 2 heterocycles. The zero-order valence-corrected chi connectivity index (χ0v) is 11.2. The summed E-state index contributed by atoms with van der Waals surface area (Å²) in [7, 11) is 0. The first kappa shape index (κ1) is 13.8. The van der Waals surface area contributed by atoms with Crippen LogP contribution in [0.2, 0.25) is 0 Å². The number of nitrogens with one attached hydrogen (secondary N) is 1. The van der Waals surface area contributed by atoms with Crippen molar-refractivity contribution in [3.8, 4) is 0 Å². The van der Waals surface area contributed by atoms with Crippen LogP contribution < -0.4 is 5.32 Å². The molecule has 2 aliphatic rings. The number of nitrogens with zero attached hydrogens (tertiary/aromatic N) is 1. The maximum Gasteiger partial charge on any atom is 0.248 e. The van der Waals surface area contributed by atoms with Crippen LogP contribution in [0, 0.1) is 0 Å². The molecule has 2 fully saturated rings. The summed E-state index contributed by atoms with van der Waals surface area (Å²) in [5.74, 6) is -0.163. The van der Waals surface area contributed by atoms with E-state index in [1.54, 1.807) is 4.90 Å². The highest BCUT2D eigenvalue weighted by molar-refractivity contribution is 5.77. The third kappa shape index (κ3) is 3.02. The van der Waals surface area contributed by atoms with Gasteiger partial charge in [-0.2, -0.15) is 0 Å². The lowest BCUT2D eigenvalue weighted by Gasteiger charge is -2.46. The summed E-state index contributed by atoms with van der Waals surface area (Å²) in [5.41, 5.74) is -0.0443. The Bertz CT molecular complexity index is 286. The number of piperidine rings is 1. The molecule has 1 spiro atoms. The van der Waals surface area contributed by atoms with E-state index < -0.39 is 0 Å². The van der Waals surface area contributed by atoms with E-state index >= 15 is 0 Å². The lowest BCUT2D eigenvalue weighted by molar-refractivity contribution is -0.147. The Labute approximate surface area is 108 Å². The Morgan fingerprint density at radius 2 is 2.22 bits per heavy atom. The summed E-state index contributed by atoms with van der Waals surface area (Å²) in [4.78, 5) is 13.2.